The van der Waals surface area contributed by atoms with E-state index in [0.29, 0.717) is 22.6 Å². The summed E-state index contributed by atoms with van der Waals surface area (Å²) in [5.74, 6) is -0.167. The molecule has 0 heterocycles. The number of amides is 1. The van der Waals surface area contributed by atoms with Crippen molar-refractivity contribution >= 4 is 39.4 Å². The number of nitrogen functional groups attached to an aromatic ring is 1. The lowest BCUT2D eigenvalue weighted by Crippen LogP contribution is -2.11. The van der Waals surface area contributed by atoms with E-state index in [-0.39, 0.29) is 5.91 Å². The maximum atomic E-state index is 12.3. The number of nitrogens with two attached hydrogens (primary N) is 1. The van der Waals surface area contributed by atoms with Crippen LogP contribution in [0, 0.1) is 0 Å². The number of carbonyl (C=O) groups excluding carboxylic acids is 1. The minimum absolute atomic E-state index is 0.167. The van der Waals surface area contributed by atoms with Crippen molar-refractivity contribution in [2.75, 3.05) is 11.1 Å². The molecule has 4 aromatic rings. The Morgan fingerprint density at radius 3 is 2.32 bits per heavy atom. The zero-order chi connectivity index (χ0) is 19.3. The highest BCUT2D eigenvalue weighted by Crippen LogP contribution is 2.31. The molecule has 0 radical (unpaired) electrons. The smallest absolute Gasteiger partial charge is 0.255 e. The summed E-state index contributed by atoms with van der Waals surface area (Å²) in [6.07, 6.45) is 0. The Labute approximate surface area is 162 Å². The molecule has 0 atom stereocenters. The molecule has 0 saturated heterocycles. The first kappa shape index (κ1) is 17.4. The van der Waals surface area contributed by atoms with Crippen LogP contribution in [0.5, 0.6) is 0 Å². The average molecular weight is 366 g/mol. The third-order valence-corrected chi connectivity index (χ3v) is 4.35. The molecule has 4 aromatic carbocycles. The van der Waals surface area contributed by atoms with E-state index in [4.69, 9.17) is 5.73 Å². The Morgan fingerprint density at radius 1 is 0.750 bits per heavy atom. The van der Waals surface area contributed by atoms with Gasteiger partial charge in [0.2, 0.25) is 0 Å². The van der Waals surface area contributed by atoms with Crippen LogP contribution in [0.2, 0.25) is 0 Å². The molecule has 3 N–H and O–H groups in total. The topological polar surface area (TPSA) is 79.8 Å². The summed E-state index contributed by atoms with van der Waals surface area (Å²) in [6, 6.07) is 27.8. The van der Waals surface area contributed by atoms with E-state index in [1.165, 1.54) is 0 Å². The fourth-order valence-corrected chi connectivity index (χ4v) is 2.94. The van der Waals surface area contributed by atoms with Gasteiger partial charge in [0.1, 0.15) is 0 Å². The van der Waals surface area contributed by atoms with E-state index < -0.39 is 0 Å². The normalized spacial score (nSPS) is 11.0. The second-order valence-corrected chi connectivity index (χ2v) is 6.29. The number of carbonyl (C=O) groups is 1. The Hall–Kier alpha value is -3.99. The Kier molecular flexibility index (Phi) is 4.80. The number of fused-ring (bicyclic) bond motifs is 1. The van der Waals surface area contributed by atoms with E-state index in [0.717, 1.165) is 16.5 Å². The summed E-state index contributed by atoms with van der Waals surface area (Å²) < 4.78 is 0. The van der Waals surface area contributed by atoms with E-state index in [1.807, 2.05) is 72.8 Å². The van der Waals surface area contributed by atoms with E-state index >= 15 is 0 Å². The van der Waals surface area contributed by atoms with Crippen LogP contribution < -0.4 is 11.1 Å². The molecule has 0 aromatic heterocycles. The largest absolute Gasteiger partial charge is 0.398 e. The highest BCUT2D eigenvalue weighted by Gasteiger charge is 2.06. The fourth-order valence-electron chi connectivity index (χ4n) is 2.94. The fraction of sp³-hybridized carbons (Fsp3) is 0. The zero-order valence-corrected chi connectivity index (χ0v) is 15.0. The molecular weight excluding hydrogens is 348 g/mol. The van der Waals surface area contributed by atoms with Crippen LogP contribution >= 0.6 is 0 Å². The van der Waals surface area contributed by atoms with Crippen molar-refractivity contribution < 1.29 is 4.79 Å². The summed E-state index contributed by atoms with van der Waals surface area (Å²) in [7, 11) is 0. The van der Waals surface area contributed by atoms with Crippen LogP contribution in [0.3, 0.4) is 0 Å². The molecule has 4 rings (SSSR count). The molecule has 0 aliphatic heterocycles. The van der Waals surface area contributed by atoms with Crippen molar-refractivity contribution in [3.63, 3.8) is 0 Å². The average Bonchev–Trinajstić information content (AvgIpc) is 2.74. The summed E-state index contributed by atoms with van der Waals surface area (Å²) in [5, 5.41) is 13.5. The molecule has 136 valence electrons. The monoisotopic (exact) mass is 366 g/mol. The van der Waals surface area contributed by atoms with Crippen molar-refractivity contribution in [3.05, 3.63) is 96.6 Å². The molecule has 0 spiro atoms. The lowest BCUT2D eigenvalue weighted by atomic mass is 10.1. The lowest BCUT2D eigenvalue weighted by molar-refractivity contribution is 0.102. The van der Waals surface area contributed by atoms with Gasteiger partial charge >= 0.3 is 0 Å². The van der Waals surface area contributed by atoms with Gasteiger partial charge in [0, 0.05) is 27.7 Å². The van der Waals surface area contributed by atoms with Crippen molar-refractivity contribution in [3.8, 4) is 0 Å². The van der Waals surface area contributed by atoms with Gasteiger partial charge in [-0.1, -0.05) is 48.5 Å². The molecule has 5 nitrogen and oxygen atoms in total. The predicted molar refractivity (Wildman–Crippen MR) is 113 cm³/mol. The summed E-state index contributed by atoms with van der Waals surface area (Å²) >= 11 is 0. The van der Waals surface area contributed by atoms with Crippen LogP contribution in [-0.2, 0) is 0 Å². The highest BCUT2D eigenvalue weighted by molar-refractivity contribution is 6.04. The van der Waals surface area contributed by atoms with Gasteiger partial charge in [-0.2, -0.15) is 5.11 Å². The number of hydrogen-bond acceptors (Lipinski definition) is 4. The number of rotatable bonds is 4. The van der Waals surface area contributed by atoms with Crippen molar-refractivity contribution in [1.82, 2.24) is 0 Å². The lowest BCUT2D eigenvalue weighted by Gasteiger charge is -2.06. The van der Waals surface area contributed by atoms with Crippen LogP contribution in [0.15, 0.2) is 101 Å². The summed E-state index contributed by atoms with van der Waals surface area (Å²) in [6.45, 7) is 0. The Bertz CT molecular complexity index is 1170. The highest BCUT2D eigenvalue weighted by atomic mass is 16.1. The standard InChI is InChI=1S/C23H18N4O/c24-21-13-14-22(20-12-5-4-11-19(20)21)27-26-18-10-6-9-17(15-18)25-23(28)16-7-2-1-3-8-16/h1-15H,24H2,(H,25,28). The molecular formula is C23H18N4O. The van der Waals surface area contributed by atoms with Crippen molar-refractivity contribution in [2.45, 2.75) is 0 Å². The molecule has 1 amide bonds. The first-order valence-electron chi connectivity index (χ1n) is 8.86. The van der Waals surface area contributed by atoms with Gasteiger partial charge in [0.25, 0.3) is 5.91 Å². The molecule has 0 saturated carbocycles. The van der Waals surface area contributed by atoms with Crippen LogP contribution in [0.1, 0.15) is 10.4 Å². The van der Waals surface area contributed by atoms with Gasteiger partial charge in [0.15, 0.2) is 0 Å². The third kappa shape index (κ3) is 3.73. The van der Waals surface area contributed by atoms with E-state index in [9.17, 15) is 4.79 Å². The first-order valence-corrected chi connectivity index (χ1v) is 8.86. The minimum atomic E-state index is -0.167. The van der Waals surface area contributed by atoms with Crippen LogP contribution in [0.25, 0.3) is 10.8 Å². The number of azo groups is 1. The second kappa shape index (κ2) is 7.72. The van der Waals surface area contributed by atoms with Gasteiger partial charge in [0.05, 0.1) is 11.4 Å². The zero-order valence-electron chi connectivity index (χ0n) is 15.0. The second-order valence-electron chi connectivity index (χ2n) is 6.29. The number of hydrogen-bond donors (Lipinski definition) is 2. The number of anilines is 2. The summed E-state index contributed by atoms with van der Waals surface area (Å²) in [5.41, 5.74) is 9.39. The maximum absolute atomic E-state index is 12.3. The van der Waals surface area contributed by atoms with E-state index in [2.05, 4.69) is 15.5 Å². The number of nitrogens with one attached hydrogen (secondary N) is 1. The van der Waals surface area contributed by atoms with Gasteiger partial charge < -0.3 is 11.1 Å². The maximum Gasteiger partial charge on any atom is 0.255 e. The van der Waals surface area contributed by atoms with Gasteiger partial charge in [-0.25, -0.2) is 0 Å². The SMILES string of the molecule is Nc1ccc(N=Nc2cccc(NC(=O)c3ccccc3)c2)c2ccccc12. The molecule has 0 unspecified atom stereocenters. The van der Waals surface area contributed by atoms with Crippen molar-refractivity contribution in [2.24, 2.45) is 10.2 Å². The quantitative estimate of drug-likeness (QED) is 0.338. The number of benzene rings is 4. The molecule has 0 aliphatic rings. The van der Waals surface area contributed by atoms with Crippen LogP contribution in [-0.4, -0.2) is 5.91 Å². The van der Waals surface area contributed by atoms with Crippen LogP contribution in [0.4, 0.5) is 22.7 Å². The molecule has 0 aliphatic carbocycles. The molecule has 5 heteroatoms. The molecule has 0 bridgehead atoms. The number of nitrogens with zero attached hydrogens (tertiary/aromatic N) is 2. The van der Waals surface area contributed by atoms with Gasteiger partial charge in [-0.05, 0) is 42.5 Å². The van der Waals surface area contributed by atoms with Gasteiger partial charge in [-0.15, -0.1) is 5.11 Å². The third-order valence-electron chi connectivity index (χ3n) is 4.35. The minimum Gasteiger partial charge on any atom is -0.398 e. The Balaban J connectivity index is 1.57. The van der Waals surface area contributed by atoms with E-state index in [1.54, 1.807) is 18.2 Å². The molecule has 28 heavy (non-hydrogen) atoms. The van der Waals surface area contributed by atoms with Gasteiger partial charge in [-0.3, -0.25) is 4.79 Å². The molecule has 0 fully saturated rings. The first-order chi connectivity index (χ1) is 13.7. The summed E-state index contributed by atoms with van der Waals surface area (Å²) in [4.78, 5) is 12.3. The Morgan fingerprint density at radius 2 is 1.50 bits per heavy atom. The predicted octanol–water partition coefficient (Wildman–Crippen LogP) is 6.09. The van der Waals surface area contributed by atoms with Crippen molar-refractivity contribution in [1.29, 1.82) is 0 Å².